The second-order valence-corrected chi connectivity index (χ2v) is 6.16. The van der Waals surface area contributed by atoms with Crippen LogP contribution in [0.2, 0.25) is 0 Å². The molecular formula is C16H20F4N2. The van der Waals surface area contributed by atoms with Crippen molar-refractivity contribution in [1.29, 1.82) is 0 Å². The van der Waals surface area contributed by atoms with E-state index in [0.717, 1.165) is 57.6 Å². The molecule has 2 fully saturated rings. The quantitative estimate of drug-likeness (QED) is 0.857. The Morgan fingerprint density at radius 1 is 1.14 bits per heavy atom. The summed E-state index contributed by atoms with van der Waals surface area (Å²) in [4.78, 5) is 2.24. The van der Waals surface area contributed by atoms with Gasteiger partial charge in [-0.05, 0) is 36.5 Å². The topological polar surface area (TPSA) is 15.3 Å². The molecule has 0 unspecified atom stereocenters. The number of piperazine rings is 1. The second kappa shape index (κ2) is 6.16. The van der Waals surface area contributed by atoms with Crippen molar-refractivity contribution >= 4 is 0 Å². The Kier molecular flexibility index (Phi) is 4.41. The minimum atomic E-state index is -4.65. The van der Waals surface area contributed by atoms with Crippen LogP contribution in [0.4, 0.5) is 17.6 Å². The lowest BCUT2D eigenvalue weighted by atomic mass is 9.76. The van der Waals surface area contributed by atoms with Crippen LogP contribution in [-0.2, 0) is 6.18 Å². The molecule has 0 bridgehead atoms. The molecule has 0 amide bonds. The summed E-state index contributed by atoms with van der Waals surface area (Å²) in [5.41, 5.74) is -0.551. The maximum atomic E-state index is 13.5. The average Bonchev–Trinajstić information content (AvgIpc) is 2.43. The van der Waals surface area contributed by atoms with E-state index in [1.807, 2.05) is 0 Å². The van der Waals surface area contributed by atoms with Crippen molar-refractivity contribution in [2.45, 2.75) is 31.5 Å². The average molecular weight is 316 g/mol. The van der Waals surface area contributed by atoms with Crippen molar-refractivity contribution < 1.29 is 17.6 Å². The van der Waals surface area contributed by atoms with E-state index in [1.54, 1.807) is 0 Å². The SMILES string of the molecule is Fc1ccc([C@H](C2CCC2)N2CCNCC2)cc1C(F)(F)F. The number of nitrogens with zero attached hydrogens (tertiary/aromatic N) is 1. The van der Waals surface area contributed by atoms with Crippen LogP contribution < -0.4 is 5.32 Å². The van der Waals surface area contributed by atoms with Gasteiger partial charge in [-0.1, -0.05) is 12.5 Å². The highest BCUT2D eigenvalue weighted by molar-refractivity contribution is 5.30. The lowest BCUT2D eigenvalue weighted by Gasteiger charge is -2.43. The van der Waals surface area contributed by atoms with Crippen LogP contribution in [0.25, 0.3) is 0 Å². The predicted octanol–water partition coefficient (Wildman–Crippen LogP) is 3.59. The highest BCUT2D eigenvalue weighted by Gasteiger charge is 2.38. The summed E-state index contributed by atoms with van der Waals surface area (Å²) < 4.78 is 52.4. The summed E-state index contributed by atoms with van der Waals surface area (Å²) >= 11 is 0. The Hall–Kier alpha value is -1.14. The Labute approximate surface area is 127 Å². The third kappa shape index (κ3) is 3.13. The second-order valence-electron chi connectivity index (χ2n) is 6.16. The first-order chi connectivity index (χ1) is 10.5. The number of hydrogen-bond donors (Lipinski definition) is 1. The van der Waals surface area contributed by atoms with Gasteiger partial charge in [0.25, 0.3) is 0 Å². The largest absolute Gasteiger partial charge is 0.419 e. The molecule has 0 spiro atoms. The van der Waals surface area contributed by atoms with E-state index in [9.17, 15) is 17.6 Å². The van der Waals surface area contributed by atoms with Gasteiger partial charge in [-0.15, -0.1) is 0 Å². The Bertz CT molecular complexity index is 519. The van der Waals surface area contributed by atoms with E-state index in [0.29, 0.717) is 11.5 Å². The van der Waals surface area contributed by atoms with E-state index in [4.69, 9.17) is 0 Å². The standard InChI is InChI=1S/C16H20F4N2/c17-14-5-4-12(10-13(14)16(18,19)20)15(11-2-1-3-11)22-8-6-21-7-9-22/h4-5,10-11,15,21H,1-3,6-9H2/t15-/m0/s1. The first-order valence-corrected chi connectivity index (χ1v) is 7.78. The molecular weight excluding hydrogens is 296 g/mol. The van der Waals surface area contributed by atoms with E-state index in [1.165, 1.54) is 6.07 Å². The zero-order valence-electron chi connectivity index (χ0n) is 12.3. The normalized spacial score (nSPS) is 22.4. The van der Waals surface area contributed by atoms with Gasteiger partial charge in [0.1, 0.15) is 5.82 Å². The Morgan fingerprint density at radius 2 is 1.82 bits per heavy atom. The highest BCUT2D eigenvalue weighted by Crippen LogP contribution is 2.43. The van der Waals surface area contributed by atoms with Gasteiger partial charge in [0.15, 0.2) is 0 Å². The van der Waals surface area contributed by atoms with Gasteiger partial charge in [-0.3, -0.25) is 4.90 Å². The number of alkyl halides is 3. The molecule has 1 aromatic carbocycles. The molecule has 3 rings (SSSR count). The Morgan fingerprint density at radius 3 is 2.36 bits per heavy atom. The molecule has 1 aliphatic heterocycles. The fourth-order valence-electron chi connectivity index (χ4n) is 3.44. The van der Waals surface area contributed by atoms with Gasteiger partial charge in [-0.2, -0.15) is 13.2 Å². The van der Waals surface area contributed by atoms with Gasteiger partial charge < -0.3 is 5.32 Å². The fourth-order valence-corrected chi connectivity index (χ4v) is 3.44. The molecule has 1 N–H and O–H groups in total. The van der Waals surface area contributed by atoms with Gasteiger partial charge in [0, 0.05) is 32.2 Å². The number of benzene rings is 1. The summed E-state index contributed by atoms with van der Waals surface area (Å²) in [5, 5.41) is 3.26. The van der Waals surface area contributed by atoms with Crippen molar-refractivity contribution in [2.24, 2.45) is 5.92 Å². The van der Waals surface area contributed by atoms with Gasteiger partial charge in [-0.25, -0.2) is 4.39 Å². The molecule has 6 heteroatoms. The first kappa shape index (κ1) is 15.7. The first-order valence-electron chi connectivity index (χ1n) is 7.78. The minimum absolute atomic E-state index is 0.0300. The fraction of sp³-hybridized carbons (Fsp3) is 0.625. The molecule has 1 saturated heterocycles. The molecule has 1 aromatic rings. The molecule has 1 aliphatic carbocycles. The van der Waals surface area contributed by atoms with Crippen LogP contribution in [0.3, 0.4) is 0 Å². The molecule has 2 nitrogen and oxygen atoms in total. The molecule has 0 radical (unpaired) electrons. The van der Waals surface area contributed by atoms with Gasteiger partial charge >= 0.3 is 6.18 Å². The van der Waals surface area contributed by atoms with Crippen LogP contribution in [-0.4, -0.2) is 31.1 Å². The van der Waals surface area contributed by atoms with Gasteiger partial charge in [0.2, 0.25) is 0 Å². The molecule has 1 atom stereocenters. The maximum Gasteiger partial charge on any atom is 0.419 e. The van der Waals surface area contributed by atoms with E-state index in [2.05, 4.69) is 10.2 Å². The van der Waals surface area contributed by atoms with Crippen molar-refractivity contribution in [3.63, 3.8) is 0 Å². The minimum Gasteiger partial charge on any atom is -0.314 e. The number of rotatable bonds is 3. The summed E-state index contributed by atoms with van der Waals surface area (Å²) in [7, 11) is 0. The van der Waals surface area contributed by atoms with Crippen molar-refractivity contribution in [2.75, 3.05) is 26.2 Å². The van der Waals surface area contributed by atoms with Crippen LogP contribution in [0.15, 0.2) is 18.2 Å². The lowest BCUT2D eigenvalue weighted by Crippen LogP contribution is -2.47. The van der Waals surface area contributed by atoms with Crippen LogP contribution in [0.1, 0.15) is 36.4 Å². The lowest BCUT2D eigenvalue weighted by molar-refractivity contribution is -0.140. The summed E-state index contributed by atoms with van der Waals surface area (Å²) in [6, 6.07) is 3.47. The number of hydrogen-bond acceptors (Lipinski definition) is 2. The van der Waals surface area contributed by atoms with Crippen molar-refractivity contribution in [3.05, 3.63) is 35.1 Å². The van der Waals surface area contributed by atoms with Gasteiger partial charge in [0.05, 0.1) is 5.56 Å². The highest BCUT2D eigenvalue weighted by atomic mass is 19.4. The Balaban J connectivity index is 1.93. The predicted molar refractivity (Wildman–Crippen MR) is 75.9 cm³/mol. The third-order valence-electron chi connectivity index (χ3n) is 4.78. The van der Waals surface area contributed by atoms with Crippen LogP contribution in [0, 0.1) is 11.7 Å². The molecule has 122 valence electrons. The molecule has 1 saturated carbocycles. The van der Waals surface area contributed by atoms with E-state index in [-0.39, 0.29) is 6.04 Å². The number of halogens is 4. The molecule has 1 heterocycles. The van der Waals surface area contributed by atoms with Crippen LogP contribution >= 0.6 is 0 Å². The van der Waals surface area contributed by atoms with Crippen molar-refractivity contribution in [1.82, 2.24) is 10.2 Å². The van der Waals surface area contributed by atoms with E-state index < -0.39 is 17.6 Å². The molecule has 22 heavy (non-hydrogen) atoms. The summed E-state index contributed by atoms with van der Waals surface area (Å²) in [6.07, 6.45) is -1.45. The third-order valence-corrected chi connectivity index (χ3v) is 4.78. The van der Waals surface area contributed by atoms with Crippen LogP contribution in [0.5, 0.6) is 0 Å². The molecule has 0 aromatic heterocycles. The van der Waals surface area contributed by atoms with Crippen molar-refractivity contribution in [3.8, 4) is 0 Å². The summed E-state index contributed by atoms with van der Waals surface area (Å²) in [6.45, 7) is 3.33. The number of nitrogens with one attached hydrogen (secondary N) is 1. The monoisotopic (exact) mass is 316 g/mol. The summed E-state index contributed by atoms with van der Waals surface area (Å²) in [5.74, 6) is -0.812. The smallest absolute Gasteiger partial charge is 0.314 e. The van der Waals surface area contributed by atoms with E-state index >= 15 is 0 Å². The zero-order chi connectivity index (χ0) is 15.7. The zero-order valence-corrected chi connectivity index (χ0v) is 12.3. The maximum absolute atomic E-state index is 13.5. The molecule has 2 aliphatic rings.